The molecule has 0 heterocycles. The van der Waals surface area contributed by atoms with E-state index in [1.165, 1.54) is 122 Å². The SMILES string of the molecule is CC/C=C/C/C=C/C/C=C/CCCCC(CC(=O)NC(CO)C(O)CCCCCCCCCCCCCCCCC)OC(=O)CCCCCCCC/C=C\C/C=C\C/C=C\CCCCC. The Labute approximate surface area is 402 Å². The van der Waals surface area contributed by atoms with E-state index in [9.17, 15) is 19.8 Å². The Kier molecular flexibility index (Phi) is 50.1. The number of aliphatic hydroxyl groups excluding tert-OH is 2. The summed E-state index contributed by atoms with van der Waals surface area (Å²) < 4.78 is 5.92. The van der Waals surface area contributed by atoms with Crippen LogP contribution in [0.4, 0.5) is 0 Å². The third-order valence-electron chi connectivity index (χ3n) is 12.3. The maximum Gasteiger partial charge on any atom is 0.306 e. The molecule has 0 spiro atoms. The Hall–Kier alpha value is -2.70. The summed E-state index contributed by atoms with van der Waals surface area (Å²) in [6.07, 6.45) is 66.8. The topological polar surface area (TPSA) is 95.9 Å². The molecule has 3 N–H and O–H groups in total. The number of allylic oxidation sites excluding steroid dienone is 12. The molecule has 0 aromatic heterocycles. The molecular formula is C59H105NO5. The number of unbranched alkanes of at least 4 members (excludes halogenated alkanes) is 25. The van der Waals surface area contributed by atoms with Crippen LogP contribution in [0.25, 0.3) is 0 Å². The van der Waals surface area contributed by atoms with Gasteiger partial charge in [-0.1, -0.05) is 229 Å². The molecule has 0 aliphatic heterocycles. The summed E-state index contributed by atoms with van der Waals surface area (Å²) in [5.74, 6) is -0.526. The molecule has 0 radical (unpaired) electrons. The normalized spacial score (nSPS) is 13.7. The van der Waals surface area contributed by atoms with Gasteiger partial charge >= 0.3 is 5.97 Å². The van der Waals surface area contributed by atoms with Crippen LogP contribution in [-0.4, -0.2) is 46.9 Å². The van der Waals surface area contributed by atoms with Crippen LogP contribution in [0.1, 0.15) is 265 Å². The van der Waals surface area contributed by atoms with E-state index < -0.39 is 18.2 Å². The highest BCUT2D eigenvalue weighted by Crippen LogP contribution is 2.17. The van der Waals surface area contributed by atoms with Gasteiger partial charge in [-0.3, -0.25) is 9.59 Å². The van der Waals surface area contributed by atoms with E-state index in [-0.39, 0.29) is 24.9 Å². The fraction of sp³-hybridized carbons (Fsp3) is 0.763. The van der Waals surface area contributed by atoms with Crippen molar-refractivity contribution in [2.45, 2.75) is 283 Å². The summed E-state index contributed by atoms with van der Waals surface area (Å²) in [6, 6.07) is -0.720. The average molecular weight is 908 g/mol. The second-order valence-corrected chi connectivity index (χ2v) is 18.6. The van der Waals surface area contributed by atoms with Crippen molar-refractivity contribution in [1.29, 1.82) is 0 Å². The van der Waals surface area contributed by atoms with Gasteiger partial charge < -0.3 is 20.3 Å². The van der Waals surface area contributed by atoms with E-state index in [1.807, 2.05) is 0 Å². The zero-order chi connectivity index (χ0) is 47.4. The van der Waals surface area contributed by atoms with Crippen molar-refractivity contribution in [1.82, 2.24) is 5.32 Å². The minimum Gasteiger partial charge on any atom is -0.462 e. The van der Waals surface area contributed by atoms with Crippen LogP contribution in [0.3, 0.4) is 0 Å². The first kappa shape index (κ1) is 62.3. The van der Waals surface area contributed by atoms with Crippen molar-refractivity contribution in [2.75, 3.05) is 6.61 Å². The summed E-state index contributed by atoms with van der Waals surface area (Å²) in [4.78, 5) is 26.2. The highest BCUT2D eigenvalue weighted by atomic mass is 16.5. The minimum absolute atomic E-state index is 0.0439. The molecule has 3 unspecified atom stereocenters. The molecule has 0 saturated heterocycles. The first-order valence-corrected chi connectivity index (χ1v) is 27.7. The van der Waals surface area contributed by atoms with Crippen LogP contribution in [0.5, 0.6) is 0 Å². The monoisotopic (exact) mass is 908 g/mol. The van der Waals surface area contributed by atoms with Crippen LogP contribution < -0.4 is 5.32 Å². The maximum absolute atomic E-state index is 13.2. The smallest absolute Gasteiger partial charge is 0.306 e. The van der Waals surface area contributed by atoms with Crippen molar-refractivity contribution in [3.8, 4) is 0 Å². The number of ether oxygens (including phenoxy) is 1. The number of hydrogen-bond donors (Lipinski definition) is 3. The first-order valence-electron chi connectivity index (χ1n) is 27.7. The molecule has 0 aliphatic rings. The third kappa shape index (κ3) is 47.6. The summed E-state index contributed by atoms with van der Waals surface area (Å²) >= 11 is 0. The lowest BCUT2D eigenvalue weighted by Crippen LogP contribution is -2.46. The molecule has 0 aromatic rings. The highest BCUT2D eigenvalue weighted by molar-refractivity contribution is 5.77. The van der Waals surface area contributed by atoms with E-state index >= 15 is 0 Å². The number of nitrogens with one attached hydrogen (secondary N) is 1. The number of amides is 1. The Balaban J connectivity index is 4.57. The van der Waals surface area contributed by atoms with Crippen LogP contribution in [0, 0.1) is 0 Å². The Morgan fingerprint density at radius 3 is 1.31 bits per heavy atom. The predicted molar refractivity (Wildman–Crippen MR) is 282 cm³/mol. The number of carbonyl (C=O) groups is 2. The van der Waals surface area contributed by atoms with E-state index in [4.69, 9.17) is 4.74 Å². The number of esters is 1. The van der Waals surface area contributed by atoms with E-state index in [0.29, 0.717) is 19.3 Å². The number of rotatable bonds is 49. The summed E-state index contributed by atoms with van der Waals surface area (Å²) in [7, 11) is 0. The number of aliphatic hydroxyl groups is 2. The second kappa shape index (κ2) is 52.3. The summed E-state index contributed by atoms with van der Waals surface area (Å²) in [5.41, 5.74) is 0. The van der Waals surface area contributed by atoms with Gasteiger partial charge in [-0.15, -0.1) is 0 Å². The van der Waals surface area contributed by atoms with Gasteiger partial charge in [0.25, 0.3) is 0 Å². The molecule has 3 atom stereocenters. The van der Waals surface area contributed by atoms with E-state index in [2.05, 4.69) is 99.0 Å². The second-order valence-electron chi connectivity index (χ2n) is 18.6. The predicted octanol–water partition coefficient (Wildman–Crippen LogP) is 17.0. The molecule has 0 bridgehead atoms. The van der Waals surface area contributed by atoms with Crippen molar-refractivity contribution in [2.24, 2.45) is 0 Å². The molecule has 0 fully saturated rings. The molecule has 0 aliphatic carbocycles. The summed E-state index contributed by atoms with van der Waals surface area (Å²) in [6.45, 7) is 6.34. The quantitative estimate of drug-likeness (QED) is 0.0321. The fourth-order valence-corrected chi connectivity index (χ4v) is 8.10. The summed E-state index contributed by atoms with van der Waals surface area (Å²) in [5, 5.41) is 23.8. The highest BCUT2D eigenvalue weighted by Gasteiger charge is 2.24. The molecule has 0 saturated carbocycles. The van der Waals surface area contributed by atoms with Gasteiger partial charge in [0.2, 0.25) is 5.91 Å². The molecule has 65 heavy (non-hydrogen) atoms. The van der Waals surface area contributed by atoms with Gasteiger partial charge in [0, 0.05) is 6.42 Å². The van der Waals surface area contributed by atoms with Crippen LogP contribution in [0.2, 0.25) is 0 Å². The lowest BCUT2D eigenvalue weighted by atomic mass is 10.0. The molecule has 0 aromatic carbocycles. The first-order chi connectivity index (χ1) is 32.0. The number of hydrogen-bond acceptors (Lipinski definition) is 5. The Bertz CT molecular complexity index is 1200. The van der Waals surface area contributed by atoms with Crippen LogP contribution in [0.15, 0.2) is 72.9 Å². The van der Waals surface area contributed by atoms with Gasteiger partial charge in [-0.2, -0.15) is 0 Å². The van der Waals surface area contributed by atoms with Crippen LogP contribution >= 0.6 is 0 Å². The van der Waals surface area contributed by atoms with Gasteiger partial charge in [-0.25, -0.2) is 0 Å². The fourth-order valence-electron chi connectivity index (χ4n) is 8.10. The number of carbonyl (C=O) groups excluding carboxylic acids is 2. The van der Waals surface area contributed by atoms with Gasteiger partial charge in [-0.05, 0) is 96.3 Å². The Morgan fingerprint density at radius 1 is 0.462 bits per heavy atom. The lowest BCUT2D eigenvalue weighted by Gasteiger charge is -2.24. The Morgan fingerprint density at radius 2 is 0.831 bits per heavy atom. The molecule has 1 amide bonds. The van der Waals surface area contributed by atoms with Gasteiger partial charge in [0.05, 0.1) is 25.2 Å². The van der Waals surface area contributed by atoms with Crippen LogP contribution in [-0.2, 0) is 14.3 Å². The minimum atomic E-state index is -0.803. The largest absolute Gasteiger partial charge is 0.462 e. The zero-order valence-corrected chi connectivity index (χ0v) is 42.9. The van der Waals surface area contributed by atoms with Crippen molar-refractivity contribution >= 4 is 11.9 Å². The average Bonchev–Trinajstić information content (AvgIpc) is 3.30. The molecule has 6 heteroatoms. The van der Waals surface area contributed by atoms with Crippen molar-refractivity contribution < 1.29 is 24.5 Å². The van der Waals surface area contributed by atoms with Gasteiger partial charge in [0.1, 0.15) is 6.10 Å². The van der Waals surface area contributed by atoms with Crippen molar-refractivity contribution in [3.63, 3.8) is 0 Å². The standard InChI is InChI=1S/C59H105NO5/c1-4-7-10-13-16-19-22-25-27-28-29-30-32-34-37-40-43-46-49-52-59(64)65-55(50-47-44-41-38-35-24-21-18-15-12-9-6-3)53-58(63)60-56(54-61)57(62)51-48-45-42-39-36-33-31-26-23-20-17-14-11-8-5-2/h9,12,16,18-19,21,25,27,29-30,35,38,55-57,61-62H,4-8,10-11,13-15,17,20,22-24,26,28,31-34,36-37,39-54H2,1-3H3,(H,60,63)/b12-9+,19-16-,21-18+,27-25-,30-29-,38-35+. The third-order valence-corrected chi connectivity index (χ3v) is 12.3. The molecule has 376 valence electrons. The molecular weight excluding hydrogens is 803 g/mol. The van der Waals surface area contributed by atoms with Crippen molar-refractivity contribution in [3.05, 3.63) is 72.9 Å². The molecule has 0 rings (SSSR count). The van der Waals surface area contributed by atoms with E-state index in [0.717, 1.165) is 96.3 Å². The molecule has 6 nitrogen and oxygen atoms in total. The lowest BCUT2D eigenvalue weighted by molar-refractivity contribution is -0.151. The van der Waals surface area contributed by atoms with Gasteiger partial charge in [0.15, 0.2) is 0 Å². The zero-order valence-electron chi connectivity index (χ0n) is 42.9. The maximum atomic E-state index is 13.2. The van der Waals surface area contributed by atoms with E-state index in [1.54, 1.807) is 0 Å².